The van der Waals surface area contributed by atoms with Crippen molar-refractivity contribution in [3.63, 3.8) is 0 Å². The predicted molar refractivity (Wildman–Crippen MR) is 123 cm³/mol. The summed E-state index contributed by atoms with van der Waals surface area (Å²) >= 11 is 0. The Hall–Kier alpha value is -1.68. The number of nitrogens with zero attached hydrogens (tertiary/aromatic N) is 2. The molecule has 4 aliphatic carbocycles. The van der Waals surface area contributed by atoms with Gasteiger partial charge in [-0.05, 0) is 101 Å². The Kier molecular flexibility index (Phi) is 4.89. The van der Waals surface area contributed by atoms with Crippen LogP contribution in [0.1, 0.15) is 82.7 Å². The minimum absolute atomic E-state index is 0.164. The van der Waals surface area contributed by atoms with E-state index in [1.807, 2.05) is 4.68 Å². The van der Waals surface area contributed by atoms with Gasteiger partial charge >= 0.3 is 0 Å². The topological polar surface area (TPSA) is 55.1 Å². The smallest absolute Gasteiger partial charge is 0.165 e. The molecule has 4 aliphatic rings. The van der Waals surface area contributed by atoms with Crippen molar-refractivity contribution in [3.8, 4) is 0 Å². The number of carbonyl (C=O) groups is 1. The Morgan fingerprint density at radius 3 is 2.61 bits per heavy atom. The van der Waals surface area contributed by atoms with E-state index in [4.69, 9.17) is 0 Å². The molecule has 31 heavy (non-hydrogen) atoms. The maximum Gasteiger partial charge on any atom is 0.165 e. The fraction of sp³-hybridized carbons (Fsp3) is 0.704. The lowest BCUT2D eigenvalue weighted by Gasteiger charge is -2.56. The number of aromatic nitrogens is 2. The molecule has 1 aromatic heterocycles. The second kappa shape index (κ2) is 7.16. The van der Waals surface area contributed by atoms with Crippen molar-refractivity contribution in [1.82, 2.24) is 9.78 Å². The summed E-state index contributed by atoms with van der Waals surface area (Å²) in [6.45, 7) is 11.8. The molecule has 0 unspecified atom stereocenters. The van der Waals surface area contributed by atoms with Crippen LogP contribution in [0.15, 0.2) is 17.2 Å². The number of allylic oxidation sites excluding steroid dienone is 2. The summed E-state index contributed by atoms with van der Waals surface area (Å²) in [5.41, 5.74) is 5.85. The summed E-state index contributed by atoms with van der Waals surface area (Å²) in [6, 6.07) is 0. The largest absolute Gasteiger partial charge is 0.393 e. The normalized spacial score (nSPS) is 41.0. The monoisotopic (exact) mass is 422 g/mol. The fourth-order valence-electron chi connectivity index (χ4n) is 7.84. The number of fused-ring (bicyclic) bond motifs is 5. The lowest BCUT2D eigenvalue weighted by molar-refractivity contribution is -0.130. The summed E-state index contributed by atoms with van der Waals surface area (Å²) in [5.74, 6) is 2.06. The zero-order valence-electron chi connectivity index (χ0n) is 19.9. The number of aliphatic hydroxyl groups is 1. The van der Waals surface area contributed by atoms with Crippen molar-refractivity contribution in [2.45, 2.75) is 92.2 Å². The number of Topliss-reactive ketones (excluding diaryl/α,β-unsaturated/α-hetero) is 1. The van der Waals surface area contributed by atoms with Gasteiger partial charge in [-0.25, -0.2) is 0 Å². The van der Waals surface area contributed by atoms with Gasteiger partial charge in [0, 0.05) is 23.2 Å². The van der Waals surface area contributed by atoms with Crippen LogP contribution in [0.2, 0.25) is 0 Å². The molecule has 3 fully saturated rings. The SMILES string of the molecule is CCn1nc(C)c(/C=C2\C[C@@H]3[C@H]4CC=C5C[C@@H](O)CC[C@]5(C)[C@@H]4CC[C@]3(C)C2=O)c1C. The standard InChI is InChI=1S/C27H38N2O2/c1-6-29-17(3)22(16(2)28-29)13-18-14-24-21-8-7-19-15-20(30)9-11-26(19,4)23(21)10-12-27(24,5)25(18)31/h7,13,20-21,23-24,30H,6,8-12,14-15H2,1-5H3/b18-13+/t20-,21-,23+,24+,26-,27-/m0/s1. The lowest BCUT2D eigenvalue weighted by atomic mass is 9.48. The third-order valence-electron chi connectivity index (χ3n) is 9.77. The average Bonchev–Trinajstić information content (AvgIpc) is 3.16. The zero-order chi connectivity index (χ0) is 22.1. The molecular formula is C27H38N2O2. The van der Waals surface area contributed by atoms with Gasteiger partial charge in [0.2, 0.25) is 0 Å². The summed E-state index contributed by atoms with van der Waals surface area (Å²) in [7, 11) is 0. The first kappa shape index (κ1) is 21.2. The molecule has 4 heteroatoms. The van der Waals surface area contributed by atoms with Crippen molar-refractivity contribution >= 4 is 11.9 Å². The van der Waals surface area contributed by atoms with Crippen molar-refractivity contribution in [1.29, 1.82) is 0 Å². The summed E-state index contributed by atoms with van der Waals surface area (Å²) in [4.78, 5) is 13.7. The van der Waals surface area contributed by atoms with E-state index in [9.17, 15) is 9.90 Å². The number of hydrogen-bond donors (Lipinski definition) is 1. The molecular weight excluding hydrogens is 384 g/mol. The van der Waals surface area contributed by atoms with E-state index in [1.165, 1.54) is 5.57 Å². The molecule has 3 saturated carbocycles. The van der Waals surface area contributed by atoms with Gasteiger partial charge in [0.15, 0.2) is 5.78 Å². The van der Waals surface area contributed by atoms with Crippen LogP contribution in [0.4, 0.5) is 0 Å². The highest BCUT2D eigenvalue weighted by Crippen LogP contribution is 2.64. The maximum absolute atomic E-state index is 13.7. The van der Waals surface area contributed by atoms with Gasteiger partial charge < -0.3 is 5.11 Å². The maximum atomic E-state index is 13.7. The number of carbonyl (C=O) groups excluding carboxylic acids is 1. The highest BCUT2D eigenvalue weighted by atomic mass is 16.3. The van der Waals surface area contributed by atoms with Crippen molar-refractivity contribution < 1.29 is 9.90 Å². The molecule has 1 aromatic rings. The van der Waals surface area contributed by atoms with Crippen LogP contribution >= 0.6 is 0 Å². The number of aliphatic hydroxyl groups excluding tert-OH is 1. The van der Waals surface area contributed by atoms with Crippen LogP contribution in [-0.2, 0) is 11.3 Å². The van der Waals surface area contributed by atoms with Crippen LogP contribution < -0.4 is 0 Å². The van der Waals surface area contributed by atoms with Gasteiger partial charge in [0.05, 0.1) is 11.8 Å². The Labute approximate surface area is 186 Å². The van der Waals surface area contributed by atoms with Gasteiger partial charge in [-0.1, -0.05) is 25.5 Å². The summed E-state index contributed by atoms with van der Waals surface area (Å²) in [6.07, 6.45) is 11.5. The van der Waals surface area contributed by atoms with Gasteiger partial charge in [-0.15, -0.1) is 0 Å². The van der Waals surface area contributed by atoms with Gasteiger partial charge in [0.1, 0.15) is 0 Å². The third kappa shape index (κ3) is 2.97. The molecule has 1 heterocycles. The van der Waals surface area contributed by atoms with E-state index in [0.29, 0.717) is 23.5 Å². The Morgan fingerprint density at radius 2 is 1.90 bits per heavy atom. The zero-order valence-corrected chi connectivity index (χ0v) is 19.9. The first-order chi connectivity index (χ1) is 14.7. The molecule has 5 rings (SSSR count). The van der Waals surface area contributed by atoms with E-state index in [-0.39, 0.29) is 16.9 Å². The molecule has 0 aliphatic heterocycles. The summed E-state index contributed by atoms with van der Waals surface area (Å²) < 4.78 is 2.04. The average molecular weight is 423 g/mol. The molecule has 0 bridgehead atoms. The first-order valence-corrected chi connectivity index (χ1v) is 12.4. The predicted octanol–water partition coefficient (Wildman–Crippen LogP) is 5.41. The molecule has 1 N–H and O–H groups in total. The van der Waals surface area contributed by atoms with E-state index >= 15 is 0 Å². The minimum atomic E-state index is -0.217. The molecule has 0 saturated heterocycles. The van der Waals surface area contributed by atoms with Crippen molar-refractivity contribution in [2.24, 2.45) is 28.6 Å². The van der Waals surface area contributed by atoms with Gasteiger partial charge in [-0.2, -0.15) is 5.10 Å². The highest BCUT2D eigenvalue weighted by molar-refractivity contribution is 6.06. The number of aryl methyl sites for hydroxylation is 2. The Balaban J connectivity index is 1.49. The third-order valence-corrected chi connectivity index (χ3v) is 9.77. The molecule has 4 nitrogen and oxygen atoms in total. The van der Waals surface area contributed by atoms with Crippen LogP contribution in [-0.4, -0.2) is 26.8 Å². The van der Waals surface area contributed by atoms with E-state index in [1.54, 1.807) is 0 Å². The van der Waals surface area contributed by atoms with Crippen LogP contribution in [0.5, 0.6) is 0 Å². The number of ketones is 1. The Bertz CT molecular complexity index is 986. The molecule has 0 amide bonds. The second-order valence-corrected chi connectivity index (χ2v) is 11.2. The van der Waals surface area contributed by atoms with Crippen LogP contribution in [0.25, 0.3) is 6.08 Å². The number of hydrogen-bond acceptors (Lipinski definition) is 3. The van der Waals surface area contributed by atoms with Gasteiger partial charge in [0.25, 0.3) is 0 Å². The van der Waals surface area contributed by atoms with E-state index < -0.39 is 0 Å². The molecule has 168 valence electrons. The van der Waals surface area contributed by atoms with E-state index in [0.717, 1.165) is 74.0 Å². The highest BCUT2D eigenvalue weighted by Gasteiger charge is 2.59. The van der Waals surface area contributed by atoms with Crippen molar-refractivity contribution in [2.75, 3.05) is 0 Å². The molecule has 6 atom stereocenters. The van der Waals surface area contributed by atoms with Gasteiger partial charge in [-0.3, -0.25) is 9.48 Å². The van der Waals surface area contributed by atoms with Crippen LogP contribution in [0, 0.1) is 42.4 Å². The molecule has 0 radical (unpaired) electrons. The lowest BCUT2D eigenvalue weighted by Crippen LogP contribution is -2.50. The second-order valence-electron chi connectivity index (χ2n) is 11.2. The quantitative estimate of drug-likeness (QED) is 0.512. The van der Waals surface area contributed by atoms with Crippen LogP contribution in [0.3, 0.4) is 0 Å². The molecule has 0 aromatic carbocycles. The van der Waals surface area contributed by atoms with Crippen molar-refractivity contribution in [3.05, 3.63) is 34.2 Å². The summed E-state index contributed by atoms with van der Waals surface area (Å²) in [5, 5.41) is 14.9. The number of rotatable bonds is 2. The molecule has 0 spiro atoms. The first-order valence-electron chi connectivity index (χ1n) is 12.4. The van der Waals surface area contributed by atoms with E-state index in [2.05, 4.69) is 51.9 Å². The Morgan fingerprint density at radius 1 is 1.16 bits per heavy atom. The fourth-order valence-corrected chi connectivity index (χ4v) is 7.84. The minimum Gasteiger partial charge on any atom is -0.393 e.